The SMILES string of the molecule is CC(C)C(C)C(=O)NC(CC(=O)O)c1ccc(Cl)c(F)c1. The second-order valence-electron chi connectivity index (χ2n) is 5.37. The minimum Gasteiger partial charge on any atom is -0.481 e. The molecule has 0 aliphatic heterocycles. The molecule has 0 aliphatic rings. The summed E-state index contributed by atoms with van der Waals surface area (Å²) in [5.74, 6) is -2.12. The van der Waals surface area contributed by atoms with Crippen LogP contribution in [0.5, 0.6) is 0 Å². The lowest BCUT2D eigenvalue weighted by molar-refractivity contribution is -0.138. The molecule has 0 spiro atoms. The second-order valence-corrected chi connectivity index (χ2v) is 5.77. The van der Waals surface area contributed by atoms with Gasteiger partial charge in [-0.05, 0) is 23.6 Å². The number of carbonyl (C=O) groups is 2. The van der Waals surface area contributed by atoms with Gasteiger partial charge in [0, 0.05) is 5.92 Å². The number of carboxylic acid groups (broad SMARTS) is 1. The third-order valence-electron chi connectivity index (χ3n) is 3.45. The van der Waals surface area contributed by atoms with Crippen LogP contribution in [0.1, 0.15) is 38.8 Å². The zero-order valence-electron chi connectivity index (χ0n) is 12.2. The van der Waals surface area contributed by atoms with Crippen LogP contribution in [0.4, 0.5) is 4.39 Å². The summed E-state index contributed by atoms with van der Waals surface area (Å²) < 4.78 is 13.5. The number of hydrogen-bond acceptors (Lipinski definition) is 2. The second kappa shape index (κ2) is 7.41. The summed E-state index contributed by atoms with van der Waals surface area (Å²) >= 11 is 5.61. The van der Waals surface area contributed by atoms with Crippen molar-refractivity contribution in [3.05, 3.63) is 34.6 Å². The van der Waals surface area contributed by atoms with E-state index in [0.717, 1.165) is 6.07 Å². The van der Waals surface area contributed by atoms with Crippen molar-refractivity contribution in [2.75, 3.05) is 0 Å². The highest BCUT2D eigenvalue weighted by Gasteiger charge is 2.23. The molecule has 1 aromatic carbocycles. The van der Waals surface area contributed by atoms with E-state index in [9.17, 15) is 14.0 Å². The monoisotopic (exact) mass is 315 g/mol. The van der Waals surface area contributed by atoms with E-state index in [1.54, 1.807) is 6.92 Å². The Morgan fingerprint density at radius 1 is 1.33 bits per heavy atom. The number of carbonyl (C=O) groups excluding carboxylic acids is 1. The quantitative estimate of drug-likeness (QED) is 0.845. The van der Waals surface area contributed by atoms with E-state index in [2.05, 4.69) is 5.32 Å². The van der Waals surface area contributed by atoms with Crippen LogP contribution in [-0.2, 0) is 9.59 Å². The van der Waals surface area contributed by atoms with Crippen molar-refractivity contribution in [2.45, 2.75) is 33.2 Å². The van der Waals surface area contributed by atoms with Gasteiger partial charge < -0.3 is 10.4 Å². The van der Waals surface area contributed by atoms with Gasteiger partial charge in [0.2, 0.25) is 5.91 Å². The molecule has 0 bridgehead atoms. The number of halogens is 2. The average molecular weight is 316 g/mol. The molecule has 1 rings (SSSR count). The lowest BCUT2D eigenvalue weighted by Gasteiger charge is -2.22. The molecule has 1 aromatic rings. The molecule has 2 atom stereocenters. The number of amides is 1. The number of aliphatic carboxylic acids is 1. The van der Waals surface area contributed by atoms with Gasteiger partial charge in [-0.1, -0.05) is 38.4 Å². The number of hydrogen-bond donors (Lipinski definition) is 2. The molecule has 0 aromatic heterocycles. The molecule has 6 heteroatoms. The Bertz CT molecular complexity index is 534. The third-order valence-corrected chi connectivity index (χ3v) is 3.76. The Morgan fingerprint density at radius 2 is 1.95 bits per heavy atom. The normalized spacial score (nSPS) is 13.8. The van der Waals surface area contributed by atoms with Gasteiger partial charge >= 0.3 is 5.97 Å². The van der Waals surface area contributed by atoms with Crippen LogP contribution >= 0.6 is 11.6 Å². The largest absolute Gasteiger partial charge is 0.481 e. The number of nitrogens with one attached hydrogen (secondary N) is 1. The minimum atomic E-state index is -1.08. The molecular weight excluding hydrogens is 297 g/mol. The average Bonchev–Trinajstić information content (AvgIpc) is 2.39. The highest BCUT2D eigenvalue weighted by Crippen LogP contribution is 2.23. The van der Waals surface area contributed by atoms with Crippen LogP contribution in [0.15, 0.2) is 18.2 Å². The first kappa shape index (κ1) is 17.4. The van der Waals surface area contributed by atoms with Crippen LogP contribution in [0, 0.1) is 17.7 Å². The Labute approximate surface area is 128 Å². The summed E-state index contributed by atoms with van der Waals surface area (Å²) in [5, 5.41) is 11.6. The maximum atomic E-state index is 13.5. The fourth-order valence-electron chi connectivity index (χ4n) is 1.76. The zero-order valence-corrected chi connectivity index (χ0v) is 12.9. The third kappa shape index (κ3) is 5.01. The van der Waals surface area contributed by atoms with Gasteiger partial charge in [0.05, 0.1) is 17.5 Å². The highest BCUT2D eigenvalue weighted by molar-refractivity contribution is 6.30. The van der Waals surface area contributed by atoms with Crippen LogP contribution in [0.3, 0.4) is 0 Å². The van der Waals surface area contributed by atoms with Gasteiger partial charge in [0.15, 0.2) is 0 Å². The fraction of sp³-hybridized carbons (Fsp3) is 0.467. The first-order chi connectivity index (χ1) is 9.72. The predicted molar refractivity (Wildman–Crippen MR) is 78.5 cm³/mol. The molecule has 4 nitrogen and oxygen atoms in total. The summed E-state index contributed by atoms with van der Waals surface area (Å²) in [6.07, 6.45) is -0.322. The van der Waals surface area contributed by atoms with E-state index >= 15 is 0 Å². The Balaban J connectivity index is 2.97. The molecule has 116 valence electrons. The molecule has 0 saturated carbocycles. The van der Waals surface area contributed by atoms with Crippen LogP contribution in [0.2, 0.25) is 5.02 Å². The molecule has 2 unspecified atom stereocenters. The van der Waals surface area contributed by atoms with Gasteiger partial charge in [0.25, 0.3) is 0 Å². The van der Waals surface area contributed by atoms with E-state index < -0.39 is 17.8 Å². The molecule has 0 aliphatic carbocycles. The van der Waals surface area contributed by atoms with Crippen molar-refractivity contribution in [1.29, 1.82) is 0 Å². The van der Waals surface area contributed by atoms with E-state index in [1.807, 2.05) is 13.8 Å². The van der Waals surface area contributed by atoms with Gasteiger partial charge in [-0.2, -0.15) is 0 Å². The van der Waals surface area contributed by atoms with Gasteiger partial charge in [0.1, 0.15) is 5.82 Å². The lowest BCUT2D eigenvalue weighted by Crippen LogP contribution is -2.35. The molecule has 21 heavy (non-hydrogen) atoms. The van der Waals surface area contributed by atoms with Crippen molar-refractivity contribution in [3.8, 4) is 0 Å². The topological polar surface area (TPSA) is 66.4 Å². The summed E-state index contributed by atoms with van der Waals surface area (Å²) in [5.41, 5.74) is 0.378. The summed E-state index contributed by atoms with van der Waals surface area (Å²) in [6.45, 7) is 5.57. The molecule has 0 heterocycles. The maximum absolute atomic E-state index is 13.5. The van der Waals surface area contributed by atoms with Crippen LogP contribution in [-0.4, -0.2) is 17.0 Å². The smallest absolute Gasteiger partial charge is 0.305 e. The molecule has 1 amide bonds. The first-order valence-corrected chi connectivity index (χ1v) is 7.07. The van der Waals surface area contributed by atoms with Crippen molar-refractivity contribution >= 4 is 23.5 Å². The molecule has 2 N–H and O–H groups in total. The van der Waals surface area contributed by atoms with Gasteiger partial charge in [-0.15, -0.1) is 0 Å². The van der Waals surface area contributed by atoms with Crippen molar-refractivity contribution in [1.82, 2.24) is 5.32 Å². The van der Waals surface area contributed by atoms with Crippen molar-refractivity contribution in [2.24, 2.45) is 11.8 Å². The van der Waals surface area contributed by atoms with E-state index in [0.29, 0.717) is 5.56 Å². The Morgan fingerprint density at radius 3 is 2.43 bits per heavy atom. The van der Waals surface area contributed by atoms with Gasteiger partial charge in [-0.3, -0.25) is 9.59 Å². The standard InChI is InChI=1S/C15H19ClFNO3/c1-8(2)9(3)15(21)18-13(7-14(19)20)10-4-5-11(16)12(17)6-10/h4-6,8-9,13H,7H2,1-3H3,(H,18,21)(H,19,20). The summed E-state index contributed by atoms with van der Waals surface area (Å²) in [4.78, 5) is 23.0. The number of carboxylic acids is 1. The summed E-state index contributed by atoms with van der Waals surface area (Å²) in [6, 6.07) is 3.22. The first-order valence-electron chi connectivity index (χ1n) is 6.69. The summed E-state index contributed by atoms with van der Waals surface area (Å²) in [7, 11) is 0. The van der Waals surface area contributed by atoms with Crippen molar-refractivity contribution < 1.29 is 19.1 Å². The molecule has 0 radical (unpaired) electrons. The molecule has 0 fully saturated rings. The Hall–Kier alpha value is -1.62. The highest BCUT2D eigenvalue weighted by atomic mass is 35.5. The van der Waals surface area contributed by atoms with Crippen LogP contribution in [0.25, 0.3) is 0 Å². The maximum Gasteiger partial charge on any atom is 0.305 e. The number of benzene rings is 1. The minimum absolute atomic E-state index is 0.0466. The molecule has 0 saturated heterocycles. The van der Waals surface area contributed by atoms with Crippen molar-refractivity contribution in [3.63, 3.8) is 0 Å². The van der Waals surface area contributed by atoms with Crippen LogP contribution < -0.4 is 5.32 Å². The van der Waals surface area contributed by atoms with Gasteiger partial charge in [-0.25, -0.2) is 4.39 Å². The van der Waals surface area contributed by atoms with E-state index in [-0.39, 0.29) is 29.2 Å². The Kier molecular flexibility index (Phi) is 6.15. The molecular formula is C15H19ClFNO3. The van der Waals surface area contributed by atoms with E-state index in [4.69, 9.17) is 16.7 Å². The van der Waals surface area contributed by atoms with E-state index in [1.165, 1.54) is 12.1 Å². The predicted octanol–water partition coefficient (Wildman–Crippen LogP) is 3.40. The lowest BCUT2D eigenvalue weighted by atomic mass is 9.95. The fourth-order valence-corrected chi connectivity index (χ4v) is 1.88. The number of rotatable bonds is 6. The zero-order chi connectivity index (χ0) is 16.2.